The lowest BCUT2D eigenvalue weighted by Crippen LogP contribution is -2.46. The van der Waals surface area contributed by atoms with E-state index in [2.05, 4.69) is 0 Å². The van der Waals surface area contributed by atoms with E-state index in [1.165, 1.54) is 0 Å². The molecule has 0 bridgehead atoms. The summed E-state index contributed by atoms with van der Waals surface area (Å²) in [5, 5.41) is 19.4. The molecule has 1 atom stereocenters. The van der Waals surface area contributed by atoms with E-state index in [1.807, 2.05) is 6.07 Å². The molecule has 1 aliphatic carbocycles. The Morgan fingerprint density at radius 1 is 1.50 bits per heavy atom. The number of ether oxygens (including phenoxy) is 1. The number of hydrogen-bond donors (Lipinski definition) is 1. The number of rotatable bonds is 5. The van der Waals surface area contributed by atoms with E-state index >= 15 is 0 Å². The molecule has 1 aliphatic rings. The standard InChI is InChI=1S/C12H11F2N3O3/c13-8-4-11(9(14)3-10(8)17(18)19)20-6-12(16,5-15)7-1-2-7/h3-4,7H,1-2,6,16H2. The highest BCUT2D eigenvalue weighted by atomic mass is 19.1. The number of nitrogens with two attached hydrogens (primary N) is 1. The van der Waals surface area contributed by atoms with Gasteiger partial charge in [0, 0.05) is 6.07 Å². The second-order valence-electron chi connectivity index (χ2n) is 4.71. The third-order valence-corrected chi connectivity index (χ3v) is 3.18. The van der Waals surface area contributed by atoms with Crippen molar-refractivity contribution < 1.29 is 18.4 Å². The van der Waals surface area contributed by atoms with E-state index in [4.69, 9.17) is 15.7 Å². The van der Waals surface area contributed by atoms with Gasteiger partial charge < -0.3 is 10.5 Å². The van der Waals surface area contributed by atoms with Gasteiger partial charge in [-0.05, 0) is 18.8 Å². The van der Waals surface area contributed by atoms with Crippen molar-refractivity contribution in [3.8, 4) is 11.8 Å². The molecule has 0 spiro atoms. The van der Waals surface area contributed by atoms with Crippen molar-refractivity contribution in [3.05, 3.63) is 33.9 Å². The molecular weight excluding hydrogens is 272 g/mol. The van der Waals surface area contributed by atoms with Crippen LogP contribution in [0.3, 0.4) is 0 Å². The minimum Gasteiger partial charge on any atom is -0.487 e. The maximum atomic E-state index is 13.6. The summed E-state index contributed by atoms with van der Waals surface area (Å²) in [4.78, 5) is 9.41. The summed E-state index contributed by atoms with van der Waals surface area (Å²) in [6.45, 7) is -0.303. The van der Waals surface area contributed by atoms with Gasteiger partial charge in [-0.3, -0.25) is 10.1 Å². The number of nitriles is 1. The summed E-state index contributed by atoms with van der Waals surface area (Å²) < 4.78 is 32.0. The molecule has 1 aromatic carbocycles. The molecule has 0 radical (unpaired) electrons. The van der Waals surface area contributed by atoms with Crippen molar-refractivity contribution in [3.63, 3.8) is 0 Å². The average Bonchev–Trinajstić information content (AvgIpc) is 3.23. The molecule has 0 saturated heterocycles. The lowest BCUT2D eigenvalue weighted by atomic mass is 9.98. The van der Waals surface area contributed by atoms with Crippen LogP contribution in [0.2, 0.25) is 0 Å². The Balaban J connectivity index is 2.16. The fraction of sp³-hybridized carbons (Fsp3) is 0.417. The lowest BCUT2D eigenvalue weighted by Gasteiger charge is -2.21. The first-order valence-electron chi connectivity index (χ1n) is 5.84. The van der Waals surface area contributed by atoms with Gasteiger partial charge in [-0.15, -0.1) is 0 Å². The van der Waals surface area contributed by atoms with Gasteiger partial charge in [0.2, 0.25) is 5.82 Å². The van der Waals surface area contributed by atoms with E-state index in [0.29, 0.717) is 12.1 Å². The molecule has 20 heavy (non-hydrogen) atoms. The highest BCUT2D eigenvalue weighted by Gasteiger charge is 2.43. The molecule has 2 N–H and O–H groups in total. The van der Waals surface area contributed by atoms with Gasteiger partial charge in [0.25, 0.3) is 0 Å². The van der Waals surface area contributed by atoms with Gasteiger partial charge in [0.05, 0.1) is 17.1 Å². The predicted octanol–water partition coefficient (Wildman–Crippen LogP) is 1.88. The SMILES string of the molecule is N#CC(N)(COc1cc(F)c([N+](=O)[O-])cc1F)C1CC1. The van der Waals surface area contributed by atoms with Crippen molar-refractivity contribution in [2.75, 3.05) is 6.61 Å². The van der Waals surface area contributed by atoms with Gasteiger partial charge in [-0.1, -0.05) is 0 Å². The van der Waals surface area contributed by atoms with E-state index in [9.17, 15) is 18.9 Å². The molecule has 106 valence electrons. The molecule has 0 amide bonds. The maximum Gasteiger partial charge on any atom is 0.307 e. The van der Waals surface area contributed by atoms with Crippen molar-refractivity contribution in [1.29, 1.82) is 5.26 Å². The van der Waals surface area contributed by atoms with Crippen molar-refractivity contribution in [2.24, 2.45) is 11.7 Å². The van der Waals surface area contributed by atoms with E-state index in [-0.39, 0.29) is 12.5 Å². The predicted molar refractivity (Wildman–Crippen MR) is 63.8 cm³/mol. The summed E-state index contributed by atoms with van der Waals surface area (Å²) in [5.41, 5.74) is 3.57. The molecule has 6 nitrogen and oxygen atoms in total. The van der Waals surface area contributed by atoms with Crippen molar-refractivity contribution in [1.82, 2.24) is 0 Å². The second-order valence-corrected chi connectivity index (χ2v) is 4.71. The minimum atomic E-state index is -1.26. The molecular formula is C12H11F2N3O3. The Morgan fingerprint density at radius 2 is 2.15 bits per heavy atom. The van der Waals surface area contributed by atoms with Crippen LogP contribution in [-0.2, 0) is 0 Å². The number of nitro benzene ring substituents is 1. The molecule has 8 heteroatoms. The third-order valence-electron chi connectivity index (χ3n) is 3.18. The fourth-order valence-corrected chi connectivity index (χ4v) is 1.81. The number of halogens is 2. The zero-order valence-corrected chi connectivity index (χ0v) is 10.3. The van der Waals surface area contributed by atoms with E-state index < -0.39 is 33.5 Å². The first-order chi connectivity index (χ1) is 9.37. The number of nitro groups is 1. The summed E-state index contributed by atoms with van der Waals surface area (Å²) in [5.74, 6) is -2.82. The molecule has 1 fully saturated rings. The van der Waals surface area contributed by atoms with Crippen molar-refractivity contribution in [2.45, 2.75) is 18.4 Å². The quantitative estimate of drug-likeness (QED) is 0.656. The van der Waals surface area contributed by atoms with Crippen LogP contribution in [0.25, 0.3) is 0 Å². The Labute approximate surface area is 112 Å². The lowest BCUT2D eigenvalue weighted by molar-refractivity contribution is -0.387. The van der Waals surface area contributed by atoms with Crippen LogP contribution in [-0.4, -0.2) is 17.1 Å². The monoisotopic (exact) mass is 283 g/mol. The summed E-state index contributed by atoms with van der Waals surface area (Å²) in [6, 6.07) is 2.92. The Hall–Kier alpha value is -2.27. The first kappa shape index (κ1) is 14.1. The van der Waals surface area contributed by atoms with Crippen LogP contribution in [0, 0.1) is 39.0 Å². The van der Waals surface area contributed by atoms with E-state index in [1.54, 1.807) is 0 Å². The third kappa shape index (κ3) is 2.67. The van der Waals surface area contributed by atoms with Gasteiger partial charge in [-0.25, -0.2) is 4.39 Å². The largest absolute Gasteiger partial charge is 0.487 e. The topological polar surface area (TPSA) is 102 Å². The van der Waals surface area contributed by atoms with Gasteiger partial charge in [0.1, 0.15) is 12.1 Å². The molecule has 0 heterocycles. The van der Waals surface area contributed by atoms with Crippen LogP contribution >= 0.6 is 0 Å². The van der Waals surface area contributed by atoms with Crippen LogP contribution in [0.4, 0.5) is 14.5 Å². The van der Waals surface area contributed by atoms with Crippen LogP contribution in [0.5, 0.6) is 5.75 Å². The number of benzene rings is 1. The Kier molecular flexibility index (Phi) is 3.55. The molecule has 0 aromatic heterocycles. The highest BCUT2D eigenvalue weighted by Crippen LogP contribution is 2.38. The van der Waals surface area contributed by atoms with Gasteiger partial charge in [0.15, 0.2) is 11.6 Å². The molecule has 1 saturated carbocycles. The van der Waals surface area contributed by atoms with Gasteiger partial charge >= 0.3 is 5.69 Å². The minimum absolute atomic E-state index is 0.0292. The van der Waals surface area contributed by atoms with Crippen LogP contribution in [0.15, 0.2) is 12.1 Å². The Bertz CT molecular complexity index is 598. The highest BCUT2D eigenvalue weighted by molar-refractivity contribution is 5.39. The van der Waals surface area contributed by atoms with Crippen LogP contribution < -0.4 is 10.5 Å². The molecule has 1 aromatic rings. The second kappa shape index (κ2) is 5.02. The molecule has 0 aliphatic heterocycles. The van der Waals surface area contributed by atoms with Gasteiger partial charge in [-0.2, -0.15) is 9.65 Å². The normalized spacial score (nSPS) is 17.1. The molecule has 2 rings (SSSR count). The fourth-order valence-electron chi connectivity index (χ4n) is 1.81. The summed E-state index contributed by atoms with van der Waals surface area (Å²) in [7, 11) is 0. The maximum absolute atomic E-state index is 13.6. The number of nitrogens with zero attached hydrogens (tertiary/aromatic N) is 2. The summed E-state index contributed by atoms with van der Waals surface area (Å²) in [6.07, 6.45) is 1.56. The Morgan fingerprint density at radius 3 is 2.65 bits per heavy atom. The molecule has 1 unspecified atom stereocenters. The zero-order chi connectivity index (χ0) is 14.9. The first-order valence-corrected chi connectivity index (χ1v) is 5.84. The van der Waals surface area contributed by atoms with Crippen LogP contribution in [0.1, 0.15) is 12.8 Å². The van der Waals surface area contributed by atoms with Crippen molar-refractivity contribution >= 4 is 5.69 Å². The van der Waals surface area contributed by atoms with E-state index in [0.717, 1.165) is 12.8 Å². The number of hydrogen-bond acceptors (Lipinski definition) is 5. The average molecular weight is 283 g/mol. The summed E-state index contributed by atoms with van der Waals surface area (Å²) >= 11 is 0. The zero-order valence-electron chi connectivity index (χ0n) is 10.3. The smallest absolute Gasteiger partial charge is 0.307 e.